The van der Waals surface area contributed by atoms with Crippen molar-refractivity contribution in [1.82, 2.24) is 0 Å². The number of rotatable bonds is 6. The van der Waals surface area contributed by atoms with Crippen molar-refractivity contribution in [3.05, 3.63) is 212 Å². The number of anilines is 3. The number of para-hydroxylation sites is 1. The zero-order chi connectivity index (χ0) is 37.0. The first-order valence-electron chi connectivity index (χ1n) is 19.2. The molecule has 11 aromatic rings. The molecule has 0 aliphatic rings. The third-order valence-corrected chi connectivity index (χ3v) is 11.3. The minimum atomic E-state index is 0.870. The molecular formula is C54H35NO. The van der Waals surface area contributed by atoms with Crippen LogP contribution in [0.2, 0.25) is 0 Å². The maximum absolute atomic E-state index is 6.39. The van der Waals surface area contributed by atoms with Gasteiger partial charge in [0, 0.05) is 16.8 Å². The third-order valence-electron chi connectivity index (χ3n) is 11.3. The van der Waals surface area contributed by atoms with Crippen molar-refractivity contribution >= 4 is 71.3 Å². The molecule has 0 aliphatic heterocycles. The summed E-state index contributed by atoms with van der Waals surface area (Å²) >= 11 is 0. The molecule has 0 aliphatic carbocycles. The van der Waals surface area contributed by atoms with E-state index in [2.05, 4.69) is 205 Å². The first-order valence-corrected chi connectivity index (χ1v) is 19.2. The lowest BCUT2D eigenvalue weighted by Crippen LogP contribution is -2.10. The molecule has 0 N–H and O–H groups in total. The van der Waals surface area contributed by atoms with Gasteiger partial charge in [0.05, 0.1) is 11.1 Å². The Morgan fingerprint density at radius 3 is 1.59 bits per heavy atom. The smallest absolute Gasteiger partial charge is 0.137 e. The van der Waals surface area contributed by atoms with E-state index in [-0.39, 0.29) is 0 Å². The summed E-state index contributed by atoms with van der Waals surface area (Å²) in [4.78, 5) is 2.36. The van der Waals surface area contributed by atoms with E-state index >= 15 is 0 Å². The van der Waals surface area contributed by atoms with Crippen LogP contribution in [0.3, 0.4) is 0 Å². The van der Waals surface area contributed by atoms with Gasteiger partial charge in [0.1, 0.15) is 11.2 Å². The molecular weight excluding hydrogens is 679 g/mol. The standard InChI is InChI=1S/C54H35NO/c1-2-11-37(12-3-1)45-14-6-7-15-46(45)39-29-33-44(34-30-39)55(50-18-10-20-52-54(50)48-17-8-9-19-51(48)56-52)43-31-27-36(28-32-43)42-26-23-40-22-25-41-24-21-38-13-4-5-16-47(38)53(41)49(40)35-42/h1-35H. The molecule has 0 amide bonds. The zero-order valence-corrected chi connectivity index (χ0v) is 30.6. The minimum absolute atomic E-state index is 0.870. The second-order valence-corrected chi connectivity index (χ2v) is 14.5. The Hall–Kier alpha value is -7.42. The summed E-state index contributed by atoms with van der Waals surface area (Å²) in [6.45, 7) is 0. The second kappa shape index (κ2) is 13.2. The van der Waals surface area contributed by atoms with Crippen LogP contribution in [0.4, 0.5) is 17.1 Å². The summed E-state index contributed by atoms with van der Waals surface area (Å²) in [5.41, 5.74) is 12.1. The van der Waals surface area contributed by atoms with Crippen LogP contribution in [0.25, 0.3) is 87.6 Å². The van der Waals surface area contributed by atoms with Crippen LogP contribution in [0.1, 0.15) is 0 Å². The van der Waals surface area contributed by atoms with Gasteiger partial charge < -0.3 is 9.32 Å². The van der Waals surface area contributed by atoms with Gasteiger partial charge >= 0.3 is 0 Å². The lowest BCUT2D eigenvalue weighted by molar-refractivity contribution is 0.669. The highest BCUT2D eigenvalue weighted by Gasteiger charge is 2.20. The van der Waals surface area contributed by atoms with E-state index in [9.17, 15) is 0 Å². The van der Waals surface area contributed by atoms with E-state index in [4.69, 9.17) is 4.42 Å². The van der Waals surface area contributed by atoms with Crippen LogP contribution < -0.4 is 4.90 Å². The summed E-state index contributed by atoms with van der Waals surface area (Å²) in [6.07, 6.45) is 0. The molecule has 0 radical (unpaired) electrons. The molecule has 1 aromatic heterocycles. The summed E-state index contributed by atoms with van der Waals surface area (Å²) < 4.78 is 6.39. The summed E-state index contributed by atoms with van der Waals surface area (Å²) in [6, 6.07) is 76.4. The SMILES string of the molecule is c1ccc(-c2ccccc2-c2ccc(N(c3ccc(-c4ccc5ccc6ccc7ccccc7c6c5c4)cc3)c3cccc4oc5ccccc5c34)cc2)cc1. The Balaban J connectivity index is 1.04. The Kier molecular flexibility index (Phi) is 7.53. The van der Waals surface area contributed by atoms with Gasteiger partial charge in [-0.05, 0) is 114 Å². The monoisotopic (exact) mass is 713 g/mol. The molecule has 10 aromatic carbocycles. The van der Waals surface area contributed by atoms with Gasteiger partial charge in [-0.1, -0.05) is 164 Å². The van der Waals surface area contributed by atoms with Gasteiger partial charge in [-0.15, -0.1) is 0 Å². The molecule has 0 saturated carbocycles. The minimum Gasteiger partial charge on any atom is -0.456 e. The van der Waals surface area contributed by atoms with Crippen LogP contribution in [-0.2, 0) is 0 Å². The zero-order valence-electron chi connectivity index (χ0n) is 30.6. The number of nitrogens with zero attached hydrogens (tertiary/aromatic N) is 1. The van der Waals surface area contributed by atoms with Crippen LogP contribution in [0.5, 0.6) is 0 Å². The van der Waals surface area contributed by atoms with Crippen molar-refractivity contribution in [1.29, 1.82) is 0 Å². The average molecular weight is 714 g/mol. The maximum Gasteiger partial charge on any atom is 0.137 e. The molecule has 262 valence electrons. The normalized spacial score (nSPS) is 11.6. The molecule has 0 spiro atoms. The van der Waals surface area contributed by atoms with Gasteiger partial charge in [-0.2, -0.15) is 0 Å². The maximum atomic E-state index is 6.39. The van der Waals surface area contributed by atoms with E-state index in [1.807, 2.05) is 12.1 Å². The van der Waals surface area contributed by atoms with E-state index in [1.165, 1.54) is 65.7 Å². The fraction of sp³-hybridized carbons (Fsp3) is 0. The molecule has 2 heteroatoms. The van der Waals surface area contributed by atoms with Gasteiger partial charge in [0.15, 0.2) is 0 Å². The predicted molar refractivity (Wildman–Crippen MR) is 237 cm³/mol. The molecule has 0 atom stereocenters. The number of hydrogen-bond acceptors (Lipinski definition) is 2. The second-order valence-electron chi connectivity index (χ2n) is 14.5. The third kappa shape index (κ3) is 5.34. The van der Waals surface area contributed by atoms with Crippen LogP contribution in [0, 0.1) is 0 Å². The van der Waals surface area contributed by atoms with Crippen LogP contribution >= 0.6 is 0 Å². The van der Waals surface area contributed by atoms with Crippen molar-refractivity contribution in [2.75, 3.05) is 4.90 Å². The number of fused-ring (bicyclic) bond motifs is 8. The van der Waals surface area contributed by atoms with Crippen molar-refractivity contribution in [3.63, 3.8) is 0 Å². The Morgan fingerprint density at radius 1 is 0.304 bits per heavy atom. The van der Waals surface area contributed by atoms with Gasteiger partial charge in [0.25, 0.3) is 0 Å². The molecule has 1 heterocycles. The lowest BCUT2D eigenvalue weighted by Gasteiger charge is -2.27. The van der Waals surface area contributed by atoms with E-state index < -0.39 is 0 Å². The molecule has 56 heavy (non-hydrogen) atoms. The van der Waals surface area contributed by atoms with E-state index in [0.29, 0.717) is 0 Å². The molecule has 0 saturated heterocycles. The summed E-state index contributed by atoms with van der Waals surface area (Å²) in [7, 11) is 0. The average Bonchev–Trinajstić information content (AvgIpc) is 3.66. The van der Waals surface area contributed by atoms with Gasteiger partial charge in [-0.25, -0.2) is 0 Å². The summed E-state index contributed by atoms with van der Waals surface area (Å²) in [5.74, 6) is 0. The quantitative estimate of drug-likeness (QED) is 0.160. The molecule has 0 fully saturated rings. The molecule has 0 bridgehead atoms. The molecule has 0 unspecified atom stereocenters. The fourth-order valence-electron chi connectivity index (χ4n) is 8.57. The van der Waals surface area contributed by atoms with E-state index in [0.717, 1.165) is 39.0 Å². The highest BCUT2D eigenvalue weighted by molar-refractivity contribution is 6.20. The predicted octanol–water partition coefficient (Wildman–Crippen LogP) is 15.5. The highest BCUT2D eigenvalue weighted by atomic mass is 16.3. The van der Waals surface area contributed by atoms with E-state index in [1.54, 1.807) is 0 Å². The topological polar surface area (TPSA) is 16.4 Å². The van der Waals surface area contributed by atoms with Crippen LogP contribution in [0.15, 0.2) is 217 Å². The number of benzene rings is 10. The largest absolute Gasteiger partial charge is 0.456 e. The van der Waals surface area contributed by atoms with Gasteiger partial charge in [0.2, 0.25) is 0 Å². The fourth-order valence-corrected chi connectivity index (χ4v) is 8.57. The Labute approximate surface area is 325 Å². The molecule has 11 rings (SSSR count). The first-order chi connectivity index (χ1) is 27.8. The van der Waals surface area contributed by atoms with Crippen LogP contribution in [-0.4, -0.2) is 0 Å². The summed E-state index contributed by atoms with van der Waals surface area (Å²) in [5, 5.41) is 9.83. The lowest BCUT2D eigenvalue weighted by atomic mass is 9.94. The van der Waals surface area contributed by atoms with Gasteiger partial charge in [-0.3, -0.25) is 0 Å². The molecule has 2 nitrogen and oxygen atoms in total. The van der Waals surface area contributed by atoms with Crippen molar-refractivity contribution in [2.24, 2.45) is 0 Å². The van der Waals surface area contributed by atoms with Crippen molar-refractivity contribution in [3.8, 4) is 33.4 Å². The first kappa shape index (κ1) is 32.0. The Morgan fingerprint density at radius 2 is 0.839 bits per heavy atom. The van der Waals surface area contributed by atoms with Crippen molar-refractivity contribution < 1.29 is 4.42 Å². The van der Waals surface area contributed by atoms with Crippen molar-refractivity contribution in [2.45, 2.75) is 0 Å². The number of furan rings is 1. The Bertz CT molecular complexity index is 3230. The highest BCUT2D eigenvalue weighted by Crippen LogP contribution is 2.44. The number of hydrogen-bond donors (Lipinski definition) is 0.